The fraction of sp³-hybridized carbons (Fsp3) is 0.400. The Kier molecular flexibility index (Phi) is 4.06. The molecule has 1 atom stereocenters. The molecule has 6 heteroatoms. The summed E-state index contributed by atoms with van der Waals surface area (Å²) in [4.78, 5) is 15.3. The second-order valence-corrected chi connectivity index (χ2v) is 6.61. The predicted molar refractivity (Wildman–Crippen MR) is 87.2 cm³/mol. The molecule has 0 aliphatic carbocycles. The Morgan fingerprint density at radius 1 is 1.57 bits per heavy atom. The van der Waals surface area contributed by atoms with Crippen LogP contribution in [0.4, 0.5) is 5.69 Å². The van der Waals surface area contributed by atoms with Gasteiger partial charge >= 0.3 is 0 Å². The first kappa shape index (κ1) is 14.6. The largest absolute Gasteiger partial charge is 0.397 e. The number of hydrogen-bond acceptors (Lipinski definition) is 4. The average Bonchev–Trinajstić information content (AvgIpc) is 2.82. The summed E-state index contributed by atoms with van der Waals surface area (Å²) in [6.07, 6.45) is 0.877. The number of nitrogens with zero attached hydrogens (tertiary/aromatic N) is 1. The Balaban J connectivity index is 1.99. The van der Waals surface area contributed by atoms with Crippen LogP contribution in [0, 0.1) is 0 Å². The summed E-state index contributed by atoms with van der Waals surface area (Å²) in [6, 6.07) is 5.65. The van der Waals surface area contributed by atoms with Crippen LogP contribution in [0.2, 0.25) is 5.02 Å². The minimum atomic E-state index is -0.0000255. The van der Waals surface area contributed by atoms with Crippen LogP contribution in [0.1, 0.15) is 23.0 Å². The number of benzene rings is 1. The molecule has 1 unspecified atom stereocenters. The first-order chi connectivity index (χ1) is 10.1. The number of rotatable bonds is 2. The van der Waals surface area contributed by atoms with Gasteiger partial charge in [-0.1, -0.05) is 18.5 Å². The Morgan fingerprint density at radius 3 is 3.14 bits per heavy atom. The Morgan fingerprint density at radius 2 is 2.38 bits per heavy atom. The molecule has 2 heterocycles. The molecule has 1 aliphatic heterocycles. The third-order valence-electron chi connectivity index (χ3n) is 3.84. The van der Waals surface area contributed by atoms with E-state index in [1.165, 1.54) is 11.3 Å². The zero-order valence-corrected chi connectivity index (χ0v) is 13.3. The molecule has 0 spiro atoms. The number of hydrogen-bond donors (Lipinski definition) is 1. The highest BCUT2D eigenvalue weighted by atomic mass is 35.5. The van der Waals surface area contributed by atoms with Gasteiger partial charge in [-0.15, -0.1) is 11.3 Å². The monoisotopic (exact) mass is 324 g/mol. The molecule has 4 nitrogen and oxygen atoms in total. The SMILES string of the molecule is CCC1COCCN1C(=O)c1sc2cc(Cl)ccc2c1N. The molecule has 112 valence electrons. The summed E-state index contributed by atoms with van der Waals surface area (Å²) in [5.74, 6) is -0.0000255. The zero-order valence-electron chi connectivity index (χ0n) is 11.8. The molecule has 21 heavy (non-hydrogen) atoms. The normalized spacial score (nSPS) is 19.1. The fourth-order valence-corrected chi connectivity index (χ4v) is 4.00. The summed E-state index contributed by atoms with van der Waals surface area (Å²) in [5, 5.41) is 1.55. The molecule has 0 radical (unpaired) electrons. The van der Waals surface area contributed by atoms with E-state index in [0.717, 1.165) is 16.5 Å². The van der Waals surface area contributed by atoms with Crippen molar-refractivity contribution in [2.24, 2.45) is 0 Å². The van der Waals surface area contributed by atoms with Crippen LogP contribution >= 0.6 is 22.9 Å². The first-order valence-corrected chi connectivity index (χ1v) is 8.17. The number of carbonyl (C=O) groups excluding carboxylic acids is 1. The summed E-state index contributed by atoms with van der Waals surface area (Å²) in [6.45, 7) is 3.86. The topological polar surface area (TPSA) is 55.6 Å². The van der Waals surface area contributed by atoms with Gasteiger partial charge in [0.2, 0.25) is 0 Å². The number of carbonyl (C=O) groups is 1. The summed E-state index contributed by atoms with van der Waals surface area (Å²) in [7, 11) is 0. The Labute approximate surface area is 132 Å². The third-order valence-corrected chi connectivity index (χ3v) is 5.24. The van der Waals surface area contributed by atoms with E-state index in [4.69, 9.17) is 22.1 Å². The van der Waals surface area contributed by atoms with Gasteiger partial charge in [-0.2, -0.15) is 0 Å². The number of nitrogen functional groups attached to an aromatic ring is 1. The number of amides is 1. The molecule has 1 aliphatic rings. The van der Waals surface area contributed by atoms with Gasteiger partial charge in [-0.25, -0.2) is 0 Å². The van der Waals surface area contributed by atoms with Crippen molar-refractivity contribution < 1.29 is 9.53 Å². The summed E-state index contributed by atoms with van der Waals surface area (Å²) < 4.78 is 6.40. The van der Waals surface area contributed by atoms with E-state index in [1.807, 2.05) is 17.0 Å². The van der Waals surface area contributed by atoms with Gasteiger partial charge < -0.3 is 15.4 Å². The number of anilines is 1. The highest BCUT2D eigenvalue weighted by Crippen LogP contribution is 2.36. The van der Waals surface area contributed by atoms with E-state index < -0.39 is 0 Å². The van der Waals surface area contributed by atoms with Gasteiger partial charge in [0.15, 0.2) is 0 Å². The summed E-state index contributed by atoms with van der Waals surface area (Å²) in [5.41, 5.74) is 6.73. The van der Waals surface area contributed by atoms with Crippen molar-refractivity contribution in [2.45, 2.75) is 19.4 Å². The molecular weight excluding hydrogens is 308 g/mol. The Bertz CT molecular complexity index is 686. The molecule has 1 fully saturated rings. The van der Waals surface area contributed by atoms with Gasteiger partial charge in [-0.05, 0) is 24.6 Å². The lowest BCUT2D eigenvalue weighted by molar-refractivity contribution is -0.00248. The number of ether oxygens (including phenoxy) is 1. The molecular formula is C15H17ClN2O2S. The molecule has 0 bridgehead atoms. The number of fused-ring (bicyclic) bond motifs is 1. The van der Waals surface area contributed by atoms with Crippen molar-refractivity contribution in [2.75, 3.05) is 25.5 Å². The van der Waals surface area contributed by atoms with E-state index in [1.54, 1.807) is 6.07 Å². The van der Waals surface area contributed by atoms with Gasteiger partial charge in [0, 0.05) is 21.7 Å². The predicted octanol–water partition coefficient (Wildman–Crippen LogP) is 3.39. The van der Waals surface area contributed by atoms with Crippen molar-refractivity contribution >= 4 is 44.6 Å². The van der Waals surface area contributed by atoms with E-state index in [2.05, 4.69) is 6.92 Å². The molecule has 1 amide bonds. The molecule has 1 saturated heterocycles. The molecule has 1 aromatic carbocycles. The maximum atomic E-state index is 12.8. The fourth-order valence-electron chi connectivity index (χ4n) is 2.64. The van der Waals surface area contributed by atoms with E-state index in [9.17, 15) is 4.79 Å². The molecule has 0 saturated carbocycles. The molecule has 2 N–H and O–H groups in total. The molecule has 2 aromatic rings. The maximum Gasteiger partial charge on any atom is 0.266 e. The highest BCUT2D eigenvalue weighted by molar-refractivity contribution is 7.21. The van der Waals surface area contributed by atoms with Gasteiger partial charge in [0.1, 0.15) is 4.88 Å². The minimum absolute atomic E-state index is 0.0000255. The van der Waals surface area contributed by atoms with Crippen LogP contribution in [0.5, 0.6) is 0 Å². The van der Waals surface area contributed by atoms with Crippen LogP contribution < -0.4 is 5.73 Å². The minimum Gasteiger partial charge on any atom is -0.397 e. The maximum absolute atomic E-state index is 12.8. The lowest BCUT2D eigenvalue weighted by atomic mass is 10.1. The lowest BCUT2D eigenvalue weighted by Gasteiger charge is -2.34. The lowest BCUT2D eigenvalue weighted by Crippen LogP contribution is -2.48. The van der Waals surface area contributed by atoms with Crippen molar-refractivity contribution in [3.63, 3.8) is 0 Å². The smallest absolute Gasteiger partial charge is 0.266 e. The van der Waals surface area contributed by atoms with Crippen LogP contribution in [-0.4, -0.2) is 36.6 Å². The van der Waals surface area contributed by atoms with Gasteiger partial charge in [-0.3, -0.25) is 4.79 Å². The first-order valence-electron chi connectivity index (χ1n) is 6.98. The van der Waals surface area contributed by atoms with Crippen molar-refractivity contribution in [3.05, 3.63) is 28.1 Å². The van der Waals surface area contributed by atoms with Crippen LogP contribution in [0.15, 0.2) is 18.2 Å². The van der Waals surface area contributed by atoms with E-state index >= 15 is 0 Å². The number of nitrogens with two attached hydrogens (primary N) is 1. The van der Waals surface area contributed by atoms with Gasteiger partial charge in [0.25, 0.3) is 5.91 Å². The van der Waals surface area contributed by atoms with Crippen molar-refractivity contribution in [1.82, 2.24) is 4.90 Å². The molecule has 3 rings (SSSR count). The zero-order chi connectivity index (χ0) is 15.0. The Hall–Kier alpha value is -1.30. The summed E-state index contributed by atoms with van der Waals surface area (Å²) >= 11 is 7.42. The third kappa shape index (κ3) is 2.61. The second kappa shape index (κ2) is 5.83. The van der Waals surface area contributed by atoms with Crippen LogP contribution in [0.3, 0.4) is 0 Å². The average molecular weight is 325 g/mol. The van der Waals surface area contributed by atoms with Crippen LogP contribution in [-0.2, 0) is 4.74 Å². The van der Waals surface area contributed by atoms with Crippen molar-refractivity contribution in [3.8, 4) is 0 Å². The quantitative estimate of drug-likeness (QED) is 0.921. The van der Waals surface area contributed by atoms with Crippen molar-refractivity contribution in [1.29, 1.82) is 0 Å². The highest BCUT2D eigenvalue weighted by Gasteiger charge is 2.29. The van der Waals surface area contributed by atoms with E-state index in [-0.39, 0.29) is 11.9 Å². The van der Waals surface area contributed by atoms with Crippen LogP contribution in [0.25, 0.3) is 10.1 Å². The molecule has 1 aromatic heterocycles. The number of halogens is 1. The van der Waals surface area contributed by atoms with E-state index in [0.29, 0.717) is 35.3 Å². The number of morpholine rings is 1. The number of thiophene rings is 1. The van der Waals surface area contributed by atoms with Gasteiger partial charge in [0.05, 0.1) is 24.9 Å². The second-order valence-electron chi connectivity index (χ2n) is 5.12. The standard InChI is InChI=1S/C15H17ClN2O2S/c1-2-10-8-20-6-5-18(10)15(19)14-13(17)11-4-3-9(16)7-12(11)21-14/h3-4,7,10H,2,5-6,8,17H2,1H3.